The van der Waals surface area contributed by atoms with Crippen LogP contribution in [0.2, 0.25) is 0 Å². The van der Waals surface area contributed by atoms with Crippen molar-refractivity contribution in [3.63, 3.8) is 0 Å². The Balaban J connectivity index is 1.76. The number of benzene rings is 1. The van der Waals surface area contributed by atoms with Crippen LogP contribution in [-0.4, -0.2) is 16.3 Å². The number of aromatic nitrogens is 2. The molecule has 1 saturated carbocycles. The van der Waals surface area contributed by atoms with E-state index >= 15 is 0 Å². The van der Waals surface area contributed by atoms with Gasteiger partial charge in [0.05, 0.1) is 11.8 Å². The van der Waals surface area contributed by atoms with E-state index in [4.69, 9.17) is 15.7 Å². The Morgan fingerprint density at radius 1 is 1.19 bits per heavy atom. The topological polar surface area (TPSA) is 87.7 Å². The lowest BCUT2D eigenvalue weighted by atomic mass is 9.98. The highest BCUT2D eigenvalue weighted by Crippen LogP contribution is 2.28. The maximum Gasteiger partial charge on any atom is 0.163 e. The normalized spacial score (nSPS) is 15.6. The Morgan fingerprint density at radius 3 is 2.57 bits per heavy atom. The molecule has 21 heavy (non-hydrogen) atoms. The number of H-pyrrole nitrogens is 1. The average molecular weight is 282 g/mol. The summed E-state index contributed by atoms with van der Waals surface area (Å²) in [5, 5.41) is 15.8. The molecule has 0 amide bonds. The van der Waals surface area contributed by atoms with Crippen molar-refractivity contribution >= 4 is 5.82 Å². The van der Waals surface area contributed by atoms with Gasteiger partial charge in [0.2, 0.25) is 0 Å². The molecule has 0 aliphatic heterocycles. The van der Waals surface area contributed by atoms with Crippen molar-refractivity contribution in [2.45, 2.75) is 38.2 Å². The molecule has 2 aromatic rings. The van der Waals surface area contributed by atoms with Crippen molar-refractivity contribution in [1.82, 2.24) is 10.2 Å². The minimum atomic E-state index is 0.232. The standard InChI is InChI=1S/C16H18N4O/c17-10-14-15(19-20-16(14)18)11-6-8-13(9-7-11)21-12-4-2-1-3-5-12/h6-9,12H,1-5H2,(H3,18,19,20). The summed E-state index contributed by atoms with van der Waals surface area (Å²) >= 11 is 0. The van der Waals surface area contributed by atoms with E-state index in [0.717, 1.165) is 24.2 Å². The third kappa shape index (κ3) is 2.84. The summed E-state index contributed by atoms with van der Waals surface area (Å²) in [7, 11) is 0. The van der Waals surface area contributed by atoms with Gasteiger partial charge in [0.25, 0.3) is 0 Å². The van der Waals surface area contributed by atoms with Crippen LogP contribution in [0.15, 0.2) is 24.3 Å². The number of nitrogens with two attached hydrogens (primary N) is 1. The van der Waals surface area contributed by atoms with Crippen molar-refractivity contribution in [2.75, 3.05) is 5.73 Å². The van der Waals surface area contributed by atoms with Gasteiger partial charge in [-0.3, -0.25) is 5.10 Å². The van der Waals surface area contributed by atoms with Crippen molar-refractivity contribution in [1.29, 1.82) is 5.26 Å². The molecule has 0 atom stereocenters. The molecule has 0 bridgehead atoms. The summed E-state index contributed by atoms with van der Waals surface area (Å²) in [6, 6.07) is 9.78. The van der Waals surface area contributed by atoms with Crippen LogP contribution in [0.5, 0.6) is 5.75 Å². The Kier molecular flexibility index (Phi) is 3.78. The number of ether oxygens (including phenoxy) is 1. The molecule has 1 aromatic heterocycles. The predicted octanol–water partition coefficient (Wildman–Crippen LogP) is 3.24. The highest BCUT2D eigenvalue weighted by atomic mass is 16.5. The van der Waals surface area contributed by atoms with Gasteiger partial charge in [-0.15, -0.1) is 0 Å². The molecule has 3 rings (SSSR count). The van der Waals surface area contributed by atoms with E-state index in [1.54, 1.807) is 0 Å². The summed E-state index contributed by atoms with van der Waals surface area (Å²) in [5.41, 5.74) is 7.57. The van der Waals surface area contributed by atoms with E-state index in [1.165, 1.54) is 19.3 Å². The second kappa shape index (κ2) is 5.88. The zero-order valence-corrected chi connectivity index (χ0v) is 11.8. The number of rotatable bonds is 3. The molecule has 1 aliphatic rings. The smallest absolute Gasteiger partial charge is 0.163 e. The number of nitriles is 1. The number of hydrogen-bond donors (Lipinski definition) is 2. The monoisotopic (exact) mass is 282 g/mol. The molecule has 5 nitrogen and oxygen atoms in total. The fourth-order valence-electron chi connectivity index (χ4n) is 2.75. The van der Waals surface area contributed by atoms with E-state index < -0.39 is 0 Å². The van der Waals surface area contributed by atoms with Crippen molar-refractivity contribution in [2.24, 2.45) is 0 Å². The summed E-state index contributed by atoms with van der Waals surface area (Å²) in [4.78, 5) is 0. The van der Waals surface area contributed by atoms with Crippen LogP contribution in [0, 0.1) is 11.3 Å². The fourth-order valence-corrected chi connectivity index (χ4v) is 2.75. The van der Waals surface area contributed by atoms with Crippen LogP contribution in [0.4, 0.5) is 5.82 Å². The second-order valence-electron chi connectivity index (χ2n) is 5.37. The molecule has 1 aliphatic carbocycles. The maximum absolute atomic E-state index is 9.11. The van der Waals surface area contributed by atoms with E-state index in [2.05, 4.69) is 16.3 Å². The van der Waals surface area contributed by atoms with Gasteiger partial charge in [-0.2, -0.15) is 10.4 Å². The molecule has 3 N–H and O–H groups in total. The van der Waals surface area contributed by atoms with Crippen LogP contribution in [0.3, 0.4) is 0 Å². The molecular weight excluding hydrogens is 264 g/mol. The first-order chi connectivity index (χ1) is 10.3. The van der Waals surface area contributed by atoms with Gasteiger partial charge < -0.3 is 10.5 Å². The lowest BCUT2D eigenvalue weighted by Gasteiger charge is -2.23. The minimum absolute atomic E-state index is 0.232. The molecular formula is C16H18N4O. The molecule has 1 aromatic carbocycles. The fraction of sp³-hybridized carbons (Fsp3) is 0.375. The highest BCUT2D eigenvalue weighted by Gasteiger charge is 2.15. The van der Waals surface area contributed by atoms with Gasteiger partial charge in [0, 0.05) is 5.56 Å². The highest BCUT2D eigenvalue weighted by molar-refractivity contribution is 5.72. The lowest BCUT2D eigenvalue weighted by molar-refractivity contribution is 0.155. The van der Waals surface area contributed by atoms with E-state index in [1.807, 2.05) is 24.3 Å². The Labute approximate surface area is 123 Å². The number of hydrogen-bond acceptors (Lipinski definition) is 4. The van der Waals surface area contributed by atoms with E-state index in [9.17, 15) is 0 Å². The van der Waals surface area contributed by atoms with Crippen LogP contribution < -0.4 is 10.5 Å². The van der Waals surface area contributed by atoms with Gasteiger partial charge in [0.15, 0.2) is 5.82 Å². The van der Waals surface area contributed by atoms with Crippen molar-refractivity contribution in [3.05, 3.63) is 29.8 Å². The Bertz CT molecular complexity index is 648. The molecule has 0 spiro atoms. The Hall–Kier alpha value is -2.48. The maximum atomic E-state index is 9.11. The second-order valence-corrected chi connectivity index (χ2v) is 5.37. The van der Waals surface area contributed by atoms with Crippen LogP contribution in [0.1, 0.15) is 37.7 Å². The number of nitrogen functional groups attached to an aromatic ring is 1. The quantitative estimate of drug-likeness (QED) is 0.904. The molecule has 108 valence electrons. The van der Waals surface area contributed by atoms with Gasteiger partial charge in [0.1, 0.15) is 17.4 Å². The number of nitrogens with one attached hydrogen (secondary N) is 1. The summed E-state index contributed by atoms with van der Waals surface area (Å²) in [6.07, 6.45) is 6.43. The zero-order chi connectivity index (χ0) is 14.7. The van der Waals surface area contributed by atoms with Gasteiger partial charge in [-0.25, -0.2) is 0 Å². The van der Waals surface area contributed by atoms with Crippen molar-refractivity contribution < 1.29 is 4.74 Å². The minimum Gasteiger partial charge on any atom is -0.490 e. The Morgan fingerprint density at radius 2 is 1.90 bits per heavy atom. The van der Waals surface area contributed by atoms with Gasteiger partial charge in [-0.1, -0.05) is 6.42 Å². The summed E-state index contributed by atoms with van der Waals surface area (Å²) in [6.45, 7) is 0. The average Bonchev–Trinajstić information content (AvgIpc) is 2.90. The first kappa shape index (κ1) is 13.5. The molecule has 0 radical (unpaired) electrons. The van der Waals surface area contributed by atoms with E-state index in [0.29, 0.717) is 17.4 Å². The van der Waals surface area contributed by atoms with Crippen LogP contribution >= 0.6 is 0 Å². The third-order valence-electron chi connectivity index (χ3n) is 3.90. The SMILES string of the molecule is N#Cc1c(N)n[nH]c1-c1ccc(OC2CCCCC2)cc1. The molecule has 0 unspecified atom stereocenters. The number of aromatic amines is 1. The number of anilines is 1. The van der Waals surface area contributed by atoms with Gasteiger partial charge in [-0.05, 0) is 49.9 Å². The largest absolute Gasteiger partial charge is 0.490 e. The van der Waals surface area contributed by atoms with E-state index in [-0.39, 0.29) is 5.82 Å². The third-order valence-corrected chi connectivity index (χ3v) is 3.90. The summed E-state index contributed by atoms with van der Waals surface area (Å²) < 4.78 is 5.99. The first-order valence-corrected chi connectivity index (χ1v) is 7.29. The first-order valence-electron chi connectivity index (χ1n) is 7.29. The van der Waals surface area contributed by atoms with Crippen molar-refractivity contribution in [3.8, 4) is 23.1 Å². The van der Waals surface area contributed by atoms with Crippen LogP contribution in [-0.2, 0) is 0 Å². The molecule has 0 saturated heterocycles. The molecule has 1 fully saturated rings. The number of nitrogens with zero attached hydrogens (tertiary/aromatic N) is 2. The zero-order valence-electron chi connectivity index (χ0n) is 11.8. The molecule has 5 heteroatoms. The molecule has 1 heterocycles. The van der Waals surface area contributed by atoms with Gasteiger partial charge >= 0.3 is 0 Å². The van der Waals surface area contributed by atoms with Crippen LogP contribution in [0.25, 0.3) is 11.3 Å². The summed E-state index contributed by atoms with van der Waals surface area (Å²) in [5.74, 6) is 1.10. The lowest BCUT2D eigenvalue weighted by Crippen LogP contribution is -2.19. The predicted molar refractivity (Wildman–Crippen MR) is 80.7 cm³/mol.